The van der Waals surface area contributed by atoms with E-state index in [2.05, 4.69) is 10.0 Å². The number of nitrogens with one attached hydrogen (secondary N) is 2. The summed E-state index contributed by atoms with van der Waals surface area (Å²) in [4.78, 5) is 30.8. The van der Waals surface area contributed by atoms with Gasteiger partial charge in [-0.1, -0.05) is 60.1 Å². The minimum Gasteiger partial charge on any atom is -0.493 e. The molecule has 3 aromatic rings. The molecule has 0 heterocycles. The van der Waals surface area contributed by atoms with E-state index in [1.54, 1.807) is 30.3 Å². The number of ether oxygens (including phenoxy) is 1. The quantitative estimate of drug-likeness (QED) is 0.171. The molecule has 0 aromatic heterocycles. The van der Waals surface area contributed by atoms with Crippen LogP contribution in [0.15, 0.2) is 83.8 Å². The highest BCUT2D eigenvalue weighted by atomic mass is 35.5. The van der Waals surface area contributed by atoms with E-state index in [4.69, 9.17) is 26.1 Å². The van der Waals surface area contributed by atoms with Gasteiger partial charge in [0.2, 0.25) is 15.9 Å². The van der Waals surface area contributed by atoms with Crippen LogP contribution >= 0.6 is 19.2 Å². The number of amides is 1. The number of carbonyl (C=O) groups is 1. The molecule has 0 saturated heterocycles. The van der Waals surface area contributed by atoms with Gasteiger partial charge < -0.3 is 19.8 Å². The van der Waals surface area contributed by atoms with E-state index >= 15 is 0 Å². The van der Waals surface area contributed by atoms with Crippen LogP contribution < -0.4 is 14.8 Å². The molecule has 0 aliphatic carbocycles. The first kappa shape index (κ1) is 30.7. The Morgan fingerprint density at radius 1 is 1.03 bits per heavy atom. The Balaban J connectivity index is 1.70. The Morgan fingerprint density at radius 3 is 2.31 bits per heavy atom. The van der Waals surface area contributed by atoms with Gasteiger partial charge in [-0.15, -0.1) is 0 Å². The molecule has 0 bridgehead atoms. The SMILES string of the molecule is O=C(NCCCOc1cccc(Cl)c1)C(Cc1ccc(C(F)(F)P(=O)(O)O)cc1)NS(=O)(=O)c1ccccc1. The van der Waals surface area contributed by atoms with Crippen molar-refractivity contribution >= 4 is 35.1 Å². The summed E-state index contributed by atoms with van der Waals surface area (Å²) in [6.45, 7) is 0.396. The molecule has 1 atom stereocenters. The number of carbonyl (C=O) groups excluding carboxylic acids is 1. The van der Waals surface area contributed by atoms with E-state index in [9.17, 15) is 26.6 Å². The maximum atomic E-state index is 14.0. The number of hydrogen-bond acceptors (Lipinski definition) is 5. The molecule has 3 aromatic carbocycles. The van der Waals surface area contributed by atoms with Gasteiger partial charge in [-0.25, -0.2) is 8.42 Å². The first-order valence-electron chi connectivity index (χ1n) is 11.6. The predicted octanol–water partition coefficient (Wildman–Crippen LogP) is 4.04. The van der Waals surface area contributed by atoms with Crippen LogP contribution in [0.3, 0.4) is 0 Å². The minimum atomic E-state index is -5.76. The topological polar surface area (TPSA) is 142 Å². The second kappa shape index (κ2) is 13.0. The summed E-state index contributed by atoms with van der Waals surface area (Å²) >= 11 is 5.91. The van der Waals surface area contributed by atoms with Gasteiger partial charge in [0, 0.05) is 17.1 Å². The van der Waals surface area contributed by atoms with E-state index in [1.807, 2.05) is 0 Å². The summed E-state index contributed by atoms with van der Waals surface area (Å²) in [6, 6.07) is 16.8. The van der Waals surface area contributed by atoms with Gasteiger partial charge in [0.25, 0.3) is 0 Å². The van der Waals surface area contributed by atoms with Crippen LogP contribution in [0.1, 0.15) is 17.5 Å². The molecule has 0 radical (unpaired) electrons. The fourth-order valence-corrected chi connectivity index (χ4v) is 5.32. The van der Waals surface area contributed by atoms with Crippen LogP contribution in [0.25, 0.3) is 0 Å². The number of hydrogen-bond donors (Lipinski definition) is 4. The maximum absolute atomic E-state index is 14.0. The molecule has 3 rings (SSSR count). The lowest BCUT2D eigenvalue weighted by molar-refractivity contribution is -0.122. The molecular formula is C25H26ClF2N2O7PS. The van der Waals surface area contributed by atoms with Gasteiger partial charge in [0.1, 0.15) is 11.8 Å². The molecule has 0 spiro atoms. The predicted molar refractivity (Wildman–Crippen MR) is 141 cm³/mol. The van der Waals surface area contributed by atoms with Gasteiger partial charge in [-0.2, -0.15) is 13.5 Å². The highest BCUT2D eigenvalue weighted by molar-refractivity contribution is 7.89. The molecule has 1 amide bonds. The molecule has 210 valence electrons. The molecule has 0 aliphatic rings. The van der Waals surface area contributed by atoms with E-state index in [0.717, 1.165) is 24.3 Å². The van der Waals surface area contributed by atoms with Gasteiger partial charge >= 0.3 is 13.3 Å². The average Bonchev–Trinajstić information content (AvgIpc) is 2.88. The second-order valence-corrected chi connectivity index (χ2v) is 12.2. The molecule has 14 heteroatoms. The molecule has 0 aliphatic heterocycles. The zero-order valence-electron chi connectivity index (χ0n) is 20.3. The summed E-state index contributed by atoms with van der Waals surface area (Å²) in [5, 5.41) is 3.14. The van der Waals surface area contributed by atoms with Crippen LogP contribution in [0.2, 0.25) is 5.02 Å². The third kappa shape index (κ3) is 8.56. The van der Waals surface area contributed by atoms with Gasteiger partial charge in [0.15, 0.2) is 0 Å². The minimum absolute atomic E-state index is 0.0747. The number of halogens is 3. The van der Waals surface area contributed by atoms with E-state index in [1.165, 1.54) is 24.3 Å². The van der Waals surface area contributed by atoms with Crippen molar-refractivity contribution in [1.29, 1.82) is 0 Å². The standard InChI is InChI=1S/C25H26ClF2N2O7PS/c26-20-6-4-7-21(17-20)37-15-5-14-29-24(31)23(30-39(35,36)22-8-2-1-3-9-22)16-18-10-12-19(13-11-18)25(27,28)38(32,33)34/h1-4,6-13,17,23,30H,5,14-16H2,(H,29,31)(H2,32,33,34). The Kier molecular flexibility index (Phi) is 10.2. The molecule has 0 fully saturated rings. The fourth-order valence-electron chi connectivity index (χ4n) is 3.44. The number of benzene rings is 3. The maximum Gasteiger partial charge on any atom is 0.399 e. The third-order valence-electron chi connectivity index (χ3n) is 5.46. The van der Waals surface area contributed by atoms with Crippen molar-refractivity contribution in [3.05, 3.63) is 95.0 Å². The highest BCUT2D eigenvalue weighted by Crippen LogP contribution is 2.59. The molecule has 1 unspecified atom stereocenters. The molecular weight excluding hydrogens is 577 g/mol. The number of rotatable bonds is 13. The van der Waals surface area contributed by atoms with Crippen molar-refractivity contribution in [1.82, 2.24) is 10.0 Å². The van der Waals surface area contributed by atoms with Crippen LogP contribution in [0.4, 0.5) is 8.78 Å². The Bertz CT molecular complexity index is 1420. The smallest absolute Gasteiger partial charge is 0.399 e. The largest absolute Gasteiger partial charge is 0.493 e. The lowest BCUT2D eigenvalue weighted by Gasteiger charge is -2.20. The molecule has 4 N–H and O–H groups in total. The Hall–Kier alpha value is -2.86. The lowest BCUT2D eigenvalue weighted by Crippen LogP contribution is -2.48. The zero-order valence-corrected chi connectivity index (χ0v) is 22.8. The van der Waals surface area contributed by atoms with Gasteiger partial charge in [0.05, 0.1) is 11.5 Å². The summed E-state index contributed by atoms with van der Waals surface area (Å²) in [6.07, 6.45) is 0.168. The van der Waals surface area contributed by atoms with Gasteiger partial charge in [-0.3, -0.25) is 9.36 Å². The van der Waals surface area contributed by atoms with Crippen molar-refractivity contribution in [3.8, 4) is 5.75 Å². The van der Waals surface area contributed by atoms with Crippen LogP contribution in [-0.4, -0.2) is 43.3 Å². The highest BCUT2D eigenvalue weighted by Gasteiger charge is 2.50. The van der Waals surface area contributed by atoms with Crippen LogP contribution in [0.5, 0.6) is 5.75 Å². The Morgan fingerprint density at radius 2 is 1.69 bits per heavy atom. The van der Waals surface area contributed by atoms with Crippen molar-refractivity contribution in [2.75, 3.05) is 13.2 Å². The van der Waals surface area contributed by atoms with Crippen LogP contribution in [0, 0.1) is 0 Å². The lowest BCUT2D eigenvalue weighted by atomic mass is 10.0. The third-order valence-corrected chi connectivity index (χ3v) is 8.17. The first-order chi connectivity index (χ1) is 18.3. The average molecular weight is 603 g/mol. The number of sulfonamides is 1. The van der Waals surface area contributed by atoms with Crippen molar-refractivity contribution in [2.24, 2.45) is 0 Å². The first-order valence-corrected chi connectivity index (χ1v) is 15.0. The molecule has 9 nitrogen and oxygen atoms in total. The summed E-state index contributed by atoms with van der Waals surface area (Å²) in [5.41, 5.74) is -5.03. The summed E-state index contributed by atoms with van der Waals surface area (Å²) < 4.78 is 72.8. The summed E-state index contributed by atoms with van der Waals surface area (Å²) in [7, 11) is -9.88. The second-order valence-electron chi connectivity index (χ2n) is 8.42. The zero-order chi connectivity index (χ0) is 28.7. The van der Waals surface area contributed by atoms with Crippen LogP contribution in [-0.2, 0) is 31.5 Å². The number of alkyl halides is 2. The fraction of sp³-hybridized carbons (Fsp3) is 0.240. The van der Waals surface area contributed by atoms with Gasteiger partial charge in [-0.05, 0) is 48.7 Å². The van der Waals surface area contributed by atoms with E-state index < -0.39 is 40.8 Å². The molecule has 0 saturated carbocycles. The van der Waals surface area contributed by atoms with Crippen molar-refractivity contribution in [2.45, 2.75) is 29.4 Å². The molecule has 39 heavy (non-hydrogen) atoms. The van der Waals surface area contributed by atoms with E-state index in [0.29, 0.717) is 17.2 Å². The van der Waals surface area contributed by atoms with Crippen molar-refractivity contribution < 1.29 is 41.1 Å². The Labute approximate surface area is 229 Å². The van der Waals surface area contributed by atoms with Crippen molar-refractivity contribution in [3.63, 3.8) is 0 Å². The monoisotopic (exact) mass is 602 g/mol. The normalized spacial score (nSPS) is 13.1. The summed E-state index contributed by atoms with van der Waals surface area (Å²) in [5.74, 6) is -0.114. The van der Waals surface area contributed by atoms with E-state index in [-0.39, 0.29) is 30.0 Å².